The molecule has 0 radical (unpaired) electrons. The first-order valence-corrected chi connectivity index (χ1v) is 12.8. The van der Waals surface area contributed by atoms with Crippen LogP contribution in [0.15, 0.2) is 76.1 Å². The predicted octanol–water partition coefficient (Wildman–Crippen LogP) is 3.62. The number of amides is 1. The topological polar surface area (TPSA) is 68.5 Å². The first kappa shape index (κ1) is 20.1. The first-order valence-electron chi connectivity index (χ1n) is 9.23. The Hall–Kier alpha value is -2.16. The molecule has 5 nitrogen and oxygen atoms in total. The third kappa shape index (κ3) is 5.07. The van der Waals surface area contributed by atoms with E-state index in [4.69, 9.17) is 0 Å². The van der Waals surface area contributed by atoms with E-state index in [1.54, 1.807) is 6.07 Å². The van der Waals surface area contributed by atoms with Crippen molar-refractivity contribution in [3.63, 3.8) is 0 Å². The van der Waals surface area contributed by atoms with Gasteiger partial charge in [-0.1, -0.05) is 42.5 Å². The van der Waals surface area contributed by atoms with Crippen molar-refractivity contribution < 1.29 is 13.2 Å². The molecule has 1 aliphatic heterocycles. The quantitative estimate of drug-likeness (QED) is 0.603. The van der Waals surface area contributed by atoms with Crippen molar-refractivity contribution in [2.45, 2.75) is 23.1 Å². The van der Waals surface area contributed by atoms with Gasteiger partial charge in [0, 0.05) is 28.3 Å². The molecule has 1 saturated heterocycles. The Bertz CT molecular complexity index is 1180. The van der Waals surface area contributed by atoms with E-state index in [0.29, 0.717) is 23.3 Å². The summed E-state index contributed by atoms with van der Waals surface area (Å²) in [7, 11) is -2.96. The number of carbonyl (C=O) groups excluding carboxylic acids is 1. The summed E-state index contributed by atoms with van der Waals surface area (Å²) < 4.78 is 25.5. The average molecular weight is 445 g/mol. The smallest absolute Gasteiger partial charge is 0.280 e. The molecule has 2 heterocycles. The molecule has 29 heavy (non-hydrogen) atoms. The maximum absolute atomic E-state index is 12.9. The molecule has 0 spiro atoms. The summed E-state index contributed by atoms with van der Waals surface area (Å²) in [4.78, 5) is 18.7. The van der Waals surface area contributed by atoms with Gasteiger partial charge in [-0.2, -0.15) is 4.99 Å². The fourth-order valence-electron chi connectivity index (χ4n) is 3.21. The standard InChI is InChI=1S/C21H20N2O3S3/c24-20(22-21-23(11-12-27-21)14-16-6-2-1-3-7-16)18-8-4-5-9-19(18)28-17-10-13-29(25,26)15-17/h1-9,11-12,17H,10,13-15H2. The number of nitrogens with zero attached hydrogens (tertiary/aromatic N) is 2. The summed E-state index contributed by atoms with van der Waals surface area (Å²) in [5, 5.41) is 1.90. The highest BCUT2D eigenvalue weighted by Crippen LogP contribution is 2.33. The summed E-state index contributed by atoms with van der Waals surface area (Å²) in [5.41, 5.74) is 1.65. The van der Waals surface area contributed by atoms with Gasteiger partial charge in [-0.3, -0.25) is 4.79 Å². The predicted molar refractivity (Wildman–Crippen MR) is 117 cm³/mol. The fraction of sp³-hybridized carbons (Fsp3) is 0.238. The maximum atomic E-state index is 12.9. The van der Waals surface area contributed by atoms with Crippen LogP contribution in [0, 0.1) is 0 Å². The zero-order chi connectivity index (χ0) is 20.3. The molecule has 1 aliphatic rings. The van der Waals surface area contributed by atoms with Crippen LogP contribution in [0.2, 0.25) is 0 Å². The number of carbonyl (C=O) groups is 1. The van der Waals surface area contributed by atoms with Crippen molar-refractivity contribution >= 4 is 38.8 Å². The van der Waals surface area contributed by atoms with Gasteiger partial charge in [0.1, 0.15) is 0 Å². The molecular weight excluding hydrogens is 424 g/mol. The van der Waals surface area contributed by atoms with E-state index in [1.165, 1.54) is 23.1 Å². The molecule has 0 N–H and O–H groups in total. The normalized spacial score (nSPS) is 18.8. The Morgan fingerprint density at radius 1 is 1.14 bits per heavy atom. The van der Waals surface area contributed by atoms with Crippen molar-refractivity contribution in [1.82, 2.24) is 4.57 Å². The summed E-state index contributed by atoms with van der Waals surface area (Å²) in [6.45, 7) is 0.646. The van der Waals surface area contributed by atoms with Gasteiger partial charge in [0.05, 0.1) is 17.1 Å². The fourth-order valence-corrected chi connectivity index (χ4v) is 7.56. The number of thioether (sulfide) groups is 1. The lowest BCUT2D eigenvalue weighted by Crippen LogP contribution is -2.17. The Morgan fingerprint density at radius 3 is 2.66 bits per heavy atom. The molecule has 1 aromatic heterocycles. The largest absolute Gasteiger partial charge is 0.319 e. The third-order valence-electron chi connectivity index (χ3n) is 4.65. The lowest BCUT2D eigenvalue weighted by Gasteiger charge is -2.10. The Kier molecular flexibility index (Phi) is 6.03. The van der Waals surface area contributed by atoms with Crippen LogP contribution < -0.4 is 4.80 Å². The highest BCUT2D eigenvalue weighted by atomic mass is 32.2. The molecule has 0 saturated carbocycles. The van der Waals surface area contributed by atoms with Gasteiger partial charge in [0.15, 0.2) is 14.6 Å². The van der Waals surface area contributed by atoms with E-state index in [0.717, 1.165) is 10.5 Å². The van der Waals surface area contributed by atoms with Crippen molar-refractivity contribution in [2.75, 3.05) is 11.5 Å². The van der Waals surface area contributed by atoms with Crippen LogP contribution in [0.25, 0.3) is 0 Å². The molecule has 0 aliphatic carbocycles. The average Bonchev–Trinajstić information content (AvgIpc) is 3.28. The van der Waals surface area contributed by atoms with Crippen molar-refractivity contribution in [2.24, 2.45) is 4.99 Å². The SMILES string of the molecule is O=C(N=c1sccn1Cc1ccccc1)c1ccccc1SC1CCS(=O)(=O)C1. The molecule has 4 rings (SSSR count). The number of sulfone groups is 1. The molecule has 150 valence electrons. The Balaban J connectivity index is 1.58. The third-order valence-corrected chi connectivity index (χ3v) is 8.77. The Labute approximate surface area is 178 Å². The van der Waals surface area contributed by atoms with E-state index < -0.39 is 9.84 Å². The molecule has 1 atom stereocenters. The molecule has 8 heteroatoms. The van der Waals surface area contributed by atoms with E-state index in [1.807, 2.05) is 64.7 Å². The van der Waals surface area contributed by atoms with Crippen molar-refractivity contribution in [3.05, 3.63) is 82.1 Å². The zero-order valence-electron chi connectivity index (χ0n) is 15.6. The van der Waals surface area contributed by atoms with Gasteiger partial charge in [0.2, 0.25) is 0 Å². The molecule has 1 unspecified atom stereocenters. The molecular formula is C21H20N2O3S3. The second-order valence-corrected chi connectivity index (χ2v) is 11.3. The van der Waals surface area contributed by atoms with Gasteiger partial charge < -0.3 is 4.57 Å². The van der Waals surface area contributed by atoms with E-state index in [2.05, 4.69) is 4.99 Å². The monoisotopic (exact) mass is 444 g/mol. The lowest BCUT2D eigenvalue weighted by molar-refractivity contribution is 0.0995. The van der Waals surface area contributed by atoms with Crippen LogP contribution in [0.4, 0.5) is 0 Å². The minimum absolute atomic E-state index is 0.0151. The zero-order valence-corrected chi connectivity index (χ0v) is 18.1. The van der Waals surface area contributed by atoms with Crippen LogP contribution in [0.3, 0.4) is 0 Å². The second kappa shape index (κ2) is 8.69. The summed E-state index contributed by atoms with van der Waals surface area (Å²) in [6.07, 6.45) is 2.54. The maximum Gasteiger partial charge on any atom is 0.280 e. The van der Waals surface area contributed by atoms with E-state index in [-0.39, 0.29) is 22.7 Å². The van der Waals surface area contributed by atoms with Gasteiger partial charge in [-0.05, 0) is 24.1 Å². The first-order chi connectivity index (χ1) is 14.0. The number of thiazole rings is 1. The van der Waals surface area contributed by atoms with Crippen molar-refractivity contribution in [1.29, 1.82) is 0 Å². The van der Waals surface area contributed by atoms with Gasteiger partial charge in [0.25, 0.3) is 5.91 Å². The molecule has 0 bridgehead atoms. The molecule has 2 aromatic carbocycles. The Morgan fingerprint density at radius 2 is 1.90 bits per heavy atom. The summed E-state index contributed by atoms with van der Waals surface area (Å²) >= 11 is 2.88. The molecule has 1 fully saturated rings. The molecule has 3 aromatic rings. The van der Waals surface area contributed by atoms with Crippen LogP contribution in [0.5, 0.6) is 0 Å². The van der Waals surface area contributed by atoms with Crippen molar-refractivity contribution in [3.8, 4) is 0 Å². The van der Waals surface area contributed by atoms with Gasteiger partial charge in [-0.25, -0.2) is 8.42 Å². The van der Waals surface area contributed by atoms with E-state index >= 15 is 0 Å². The number of aromatic nitrogens is 1. The van der Waals surface area contributed by atoms with Crippen LogP contribution >= 0.6 is 23.1 Å². The van der Waals surface area contributed by atoms with Gasteiger partial charge >= 0.3 is 0 Å². The lowest BCUT2D eigenvalue weighted by atomic mass is 10.2. The number of hydrogen-bond acceptors (Lipinski definition) is 5. The number of benzene rings is 2. The second-order valence-electron chi connectivity index (χ2n) is 6.86. The van der Waals surface area contributed by atoms with Gasteiger partial charge in [-0.15, -0.1) is 23.1 Å². The van der Waals surface area contributed by atoms with E-state index in [9.17, 15) is 13.2 Å². The molecule has 1 amide bonds. The minimum Gasteiger partial charge on any atom is -0.319 e. The van der Waals surface area contributed by atoms with Crippen LogP contribution in [-0.2, 0) is 16.4 Å². The minimum atomic E-state index is -2.96. The highest BCUT2D eigenvalue weighted by Gasteiger charge is 2.29. The number of rotatable bonds is 5. The van der Waals surface area contributed by atoms with Crippen LogP contribution in [0.1, 0.15) is 22.3 Å². The number of hydrogen-bond donors (Lipinski definition) is 0. The van der Waals surface area contributed by atoms with Crippen LogP contribution in [-0.4, -0.2) is 35.6 Å². The highest BCUT2D eigenvalue weighted by molar-refractivity contribution is 8.02. The summed E-state index contributed by atoms with van der Waals surface area (Å²) in [5.74, 6) is 0.0809. The summed E-state index contributed by atoms with van der Waals surface area (Å²) in [6, 6.07) is 17.3.